The predicted octanol–water partition coefficient (Wildman–Crippen LogP) is -0.895. The maximum Gasteiger partial charge on any atom is 0.289 e. The van der Waals surface area contributed by atoms with Crippen LogP contribution in [-0.2, 0) is 4.79 Å². The van der Waals surface area contributed by atoms with Crippen molar-refractivity contribution in [2.45, 2.75) is 13.3 Å². The van der Waals surface area contributed by atoms with Gasteiger partial charge in [0.1, 0.15) is 0 Å². The van der Waals surface area contributed by atoms with E-state index >= 15 is 0 Å². The Balaban J connectivity index is 2.61. The van der Waals surface area contributed by atoms with E-state index in [1.54, 1.807) is 4.90 Å². The van der Waals surface area contributed by atoms with Gasteiger partial charge in [-0.05, 0) is 12.3 Å². The zero-order valence-electron chi connectivity index (χ0n) is 8.16. The van der Waals surface area contributed by atoms with Gasteiger partial charge in [-0.25, -0.2) is 0 Å². The third-order valence-electron chi connectivity index (χ3n) is 2.17. The number of hydrogen-bond acceptors (Lipinski definition) is 2. The molecule has 1 atom stereocenters. The van der Waals surface area contributed by atoms with E-state index in [1.807, 2.05) is 0 Å². The van der Waals surface area contributed by atoms with E-state index in [0.717, 1.165) is 6.42 Å². The number of aliphatic imine (C=N–C) groups is 1. The van der Waals surface area contributed by atoms with Crippen LogP contribution in [0.15, 0.2) is 4.99 Å². The third-order valence-corrected chi connectivity index (χ3v) is 2.17. The summed E-state index contributed by atoms with van der Waals surface area (Å²) in [6, 6.07) is 0. The van der Waals surface area contributed by atoms with Gasteiger partial charge in [-0.3, -0.25) is 10.2 Å². The van der Waals surface area contributed by atoms with Crippen molar-refractivity contribution in [2.24, 2.45) is 22.4 Å². The van der Waals surface area contributed by atoms with Crippen LogP contribution in [0.4, 0.5) is 0 Å². The number of amides is 1. The standard InChI is InChI=1S/C8H15N5O/c1-5-2-3-13(4-5)7(14)6(9)12-8(10)11/h5H,2-4H2,1H3,(H5,9,10,11,12). The number of nitrogens with zero attached hydrogens (tertiary/aromatic N) is 2. The molecular weight excluding hydrogens is 182 g/mol. The second kappa shape index (κ2) is 4.08. The number of carbonyl (C=O) groups excluding carboxylic acids is 1. The molecule has 0 aliphatic carbocycles. The monoisotopic (exact) mass is 197 g/mol. The van der Waals surface area contributed by atoms with Crippen LogP contribution in [0.3, 0.4) is 0 Å². The summed E-state index contributed by atoms with van der Waals surface area (Å²) in [7, 11) is 0. The third kappa shape index (κ3) is 2.45. The first-order chi connectivity index (χ1) is 6.50. The van der Waals surface area contributed by atoms with Crippen molar-refractivity contribution < 1.29 is 4.79 Å². The molecule has 0 saturated carbocycles. The maximum atomic E-state index is 11.5. The minimum Gasteiger partial charge on any atom is -0.379 e. The van der Waals surface area contributed by atoms with Gasteiger partial charge in [0.15, 0.2) is 5.84 Å². The lowest BCUT2D eigenvalue weighted by Gasteiger charge is -2.14. The molecule has 6 heteroatoms. The molecule has 14 heavy (non-hydrogen) atoms. The topological polar surface area (TPSA) is 109 Å². The molecule has 1 aliphatic rings. The second-order valence-electron chi connectivity index (χ2n) is 3.53. The summed E-state index contributed by atoms with van der Waals surface area (Å²) < 4.78 is 0. The van der Waals surface area contributed by atoms with E-state index in [4.69, 9.17) is 16.9 Å². The highest BCUT2D eigenvalue weighted by Crippen LogP contribution is 2.14. The Labute approximate surface area is 82.5 Å². The van der Waals surface area contributed by atoms with E-state index in [1.165, 1.54) is 0 Å². The van der Waals surface area contributed by atoms with Crippen molar-refractivity contribution in [3.05, 3.63) is 0 Å². The van der Waals surface area contributed by atoms with Crippen LogP contribution in [0.1, 0.15) is 13.3 Å². The summed E-state index contributed by atoms with van der Waals surface area (Å²) in [5.41, 5.74) is 10.4. The first kappa shape index (κ1) is 10.5. The number of guanidine groups is 1. The van der Waals surface area contributed by atoms with Crippen molar-refractivity contribution in [3.8, 4) is 0 Å². The predicted molar refractivity (Wildman–Crippen MR) is 53.9 cm³/mol. The Bertz CT molecular complexity index is 285. The molecule has 0 spiro atoms. The molecule has 0 aromatic rings. The van der Waals surface area contributed by atoms with Crippen LogP contribution in [0.25, 0.3) is 0 Å². The first-order valence-electron chi connectivity index (χ1n) is 4.48. The highest BCUT2D eigenvalue weighted by Gasteiger charge is 2.25. The van der Waals surface area contributed by atoms with Gasteiger partial charge in [0, 0.05) is 13.1 Å². The largest absolute Gasteiger partial charge is 0.379 e. The summed E-state index contributed by atoms with van der Waals surface area (Å²) in [5, 5.41) is 6.87. The SMILES string of the molecule is CC1CCN(C(=O)/C(N)=N/C(=N)N)C1. The Morgan fingerprint density at radius 1 is 1.57 bits per heavy atom. The van der Waals surface area contributed by atoms with Crippen molar-refractivity contribution in [2.75, 3.05) is 13.1 Å². The van der Waals surface area contributed by atoms with Gasteiger partial charge in [0.05, 0.1) is 0 Å². The summed E-state index contributed by atoms with van der Waals surface area (Å²) in [5.74, 6) is -0.469. The van der Waals surface area contributed by atoms with Crippen LogP contribution < -0.4 is 11.5 Å². The lowest BCUT2D eigenvalue weighted by atomic mass is 10.2. The Hall–Kier alpha value is -1.59. The molecule has 0 bridgehead atoms. The van der Waals surface area contributed by atoms with Crippen molar-refractivity contribution in [1.29, 1.82) is 5.41 Å². The van der Waals surface area contributed by atoms with Crippen molar-refractivity contribution >= 4 is 17.7 Å². The van der Waals surface area contributed by atoms with E-state index in [2.05, 4.69) is 11.9 Å². The molecular formula is C8H15N5O. The molecule has 1 amide bonds. The molecule has 1 unspecified atom stereocenters. The molecule has 78 valence electrons. The Morgan fingerprint density at radius 2 is 2.21 bits per heavy atom. The average Bonchev–Trinajstić information content (AvgIpc) is 2.49. The van der Waals surface area contributed by atoms with E-state index in [-0.39, 0.29) is 11.7 Å². The van der Waals surface area contributed by atoms with E-state index < -0.39 is 5.96 Å². The van der Waals surface area contributed by atoms with Gasteiger partial charge in [0.2, 0.25) is 5.96 Å². The first-order valence-corrected chi connectivity index (χ1v) is 4.48. The Kier molecular flexibility index (Phi) is 3.06. The zero-order valence-corrected chi connectivity index (χ0v) is 8.16. The molecule has 6 nitrogen and oxygen atoms in total. The molecule has 0 radical (unpaired) electrons. The maximum absolute atomic E-state index is 11.5. The average molecular weight is 197 g/mol. The van der Waals surface area contributed by atoms with Gasteiger partial charge < -0.3 is 16.4 Å². The van der Waals surface area contributed by atoms with Crippen LogP contribution in [-0.4, -0.2) is 35.7 Å². The summed E-state index contributed by atoms with van der Waals surface area (Å²) in [6.07, 6.45) is 0.985. The fourth-order valence-electron chi connectivity index (χ4n) is 1.46. The van der Waals surface area contributed by atoms with Crippen molar-refractivity contribution in [3.63, 3.8) is 0 Å². The highest BCUT2D eigenvalue weighted by molar-refractivity contribution is 6.38. The second-order valence-corrected chi connectivity index (χ2v) is 3.53. The highest BCUT2D eigenvalue weighted by atomic mass is 16.2. The number of hydrogen-bond donors (Lipinski definition) is 3. The van der Waals surface area contributed by atoms with Crippen LogP contribution in [0.5, 0.6) is 0 Å². The van der Waals surface area contributed by atoms with Crippen molar-refractivity contribution in [1.82, 2.24) is 4.90 Å². The Morgan fingerprint density at radius 3 is 2.64 bits per heavy atom. The molecule has 1 rings (SSSR count). The van der Waals surface area contributed by atoms with Gasteiger partial charge in [0.25, 0.3) is 5.91 Å². The van der Waals surface area contributed by atoms with Gasteiger partial charge in [-0.2, -0.15) is 4.99 Å². The molecule has 0 aromatic heterocycles. The zero-order chi connectivity index (χ0) is 10.7. The van der Waals surface area contributed by atoms with E-state index in [0.29, 0.717) is 19.0 Å². The summed E-state index contributed by atoms with van der Waals surface area (Å²) >= 11 is 0. The lowest BCUT2D eigenvalue weighted by Crippen LogP contribution is -2.39. The number of amidine groups is 1. The minimum atomic E-state index is -0.442. The molecule has 1 fully saturated rings. The molecule has 5 N–H and O–H groups in total. The number of rotatable bonds is 0. The fourth-order valence-corrected chi connectivity index (χ4v) is 1.46. The van der Waals surface area contributed by atoms with Gasteiger partial charge >= 0.3 is 0 Å². The van der Waals surface area contributed by atoms with Gasteiger partial charge in [-0.1, -0.05) is 6.92 Å². The number of nitrogens with two attached hydrogens (primary N) is 2. The lowest BCUT2D eigenvalue weighted by molar-refractivity contribution is -0.123. The normalized spacial score (nSPS) is 22.5. The van der Waals surface area contributed by atoms with Crippen LogP contribution >= 0.6 is 0 Å². The summed E-state index contributed by atoms with van der Waals surface area (Å²) in [4.78, 5) is 16.6. The smallest absolute Gasteiger partial charge is 0.289 e. The van der Waals surface area contributed by atoms with Crippen LogP contribution in [0.2, 0.25) is 0 Å². The van der Waals surface area contributed by atoms with Gasteiger partial charge in [-0.15, -0.1) is 0 Å². The van der Waals surface area contributed by atoms with E-state index in [9.17, 15) is 4.79 Å². The molecule has 0 aromatic carbocycles. The molecule has 1 aliphatic heterocycles. The number of likely N-dealkylation sites (tertiary alicyclic amines) is 1. The van der Waals surface area contributed by atoms with Crippen LogP contribution in [0, 0.1) is 11.3 Å². The fraction of sp³-hybridized carbons (Fsp3) is 0.625. The summed E-state index contributed by atoms with van der Waals surface area (Å²) in [6.45, 7) is 3.48. The molecule has 1 heterocycles. The minimum absolute atomic E-state index is 0.202. The quantitative estimate of drug-likeness (QED) is 0.346. The number of nitrogens with one attached hydrogen (secondary N) is 1. The number of carbonyl (C=O) groups is 1. The molecule has 1 saturated heterocycles.